The average molecular weight is 279 g/mol. The summed E-state index contributed by atoms with van der Waals surface area (Å²) in [5.41, 5.74) is 1.54. The average Bonchev–Trinajstić information content (AvgIpc) is 2.87. The molecular weight excluding hydrogens is 266 g/mol. The number of benzene rings is 1. The Kier molecular flexibility index (Phi) is 4.33. The van der Waals surface area contributed by atoms with Crippen molar-refractivity contribution in [3.63, 3.8) is 0 Å². The van der Waals surface area contributed by atoms with Crippen molar-refractivity contribution in [1.29, 1.82) is 0 Å². The Hall–Kier alpha value is -1.40. The number of nitrogens with zero attached hydrogens (tertiary/aromatic N) is 2. The monoisotopic (exact) mass is 279 g/mol. The molecule has 0 spiro atoms. The summed E-state index contributed by atoms with van der Waals surface area (Å²) in [4.78, 5) is 13.8. The second-order valence-corrected chi connectivity index (χ2v) is 5.22. The van der Waals surface area contributed by atoms with Crippen LogP contribution < -0.4 is 5.32 Å². The van der Waals surface area contributed by atoms with Crippen molar-refractivity contribution in [2.75, 3.05) is 11.6 Å². The lowest BCUT2D eigenvalue weighted by Crippen LogP contribution is -2.12. The lowest BCUT2D eigenvalue weighted by atomic mass is 10.2. The smallest absolute Gasteiger partial charge is 0.269 e. The van der Waals surface area contributed by atoms with Crippen molar-refractivity contribution in [3.05, 3.63) is 34.8 Å². The van der Waals surface area contributed by atoms with Crippen LogP contribution in [0, 0.1) is 0 Å². The van der Waals surface area contributed by atoms with Crippen molar-refractivity contribution in [2.24, 2.45) is 0 Å². The molecule has 0 aliphatic carbocycles. The Balaban J connectivity index is 2.16. The molecule has 1 aromatic heterocycles. The van der Waals surface area contributed by atoms with Gasteiger partial charge in [-0.15, -0.1) is 16.9 Å². The summed E-state index contributed by atoms with van der Waals surface area (Å²) in [6, 6.07) is 7.75. The fourth-order valence-electron chi connectivity index (χ4n) is 1.50. The molecule has 1 N–H and O–H groups in total. The van der Waals surface area contributed by atoms with Gasteiger partial charge in [-0.2, -0.15) is 0 Å². The number of aryl methyl sites for hydroxylation is 1. The zero-order valence-corrected chi connectivity index (χ0v) is 11.8. The van der Waals surface area contributed by atoms with Crippen LogP contribution in [0.5, 0.6) is 0 Å². The number of carbonyl (C=O) groups excluding carboxylic acids is 1. The molecule has 0 unspecified atom stereocenters. The van der Waals surface area contributed by atoms with Gasteiger partial charge in [-0.1, -0.05) is 17.5 Å². The van der Waals surface area contributed by atoms with Gasteiger partial charge in [0.2, 0.25) is 0 Å². The Labute approximate surface area is 114 Å². The van der Waals surface area contributed by atoms with Crippen molar-refractivity contribution in [3.8, 4) is 0 Å². The van der Waals surface area contributed by atoms with E-state index in [1.165, 1.54) is 0 Å². The van der Waals surface area contributed by atoms with Gasteiger partial charge in [0.05, 0.1) is 5.69 Å². The highest BCUT2D eigenvalue weighted by Gasteiger charge is 2.14. The standard InChI is InChI=1S/C12H13N3OS2/c1-3-10-11(18-15-14-10)12(16)13-8-5-4-6-9(7-8)17-2/h4-7H,3H2,1-2H3,(H,13,16). The molecule has 0 radical (unpaired) electrons. The minimum atomic E-state index is -0.139. The fourth-order valence-corrected chi connectivity index (χ4v) is 2.61. The maximum absolute atomic E-state index is 12.1. The molecular formula is C12H13N3OS2. The normalized spacial score (nSPS) is 10.3. The van der Waals surface area contributed by atoms with E-state index in [9.17, 15) is 4.79 Å². The minimum Gasteiger partial charge on any atom is -0.321 e. The van der Waals surface area contributed by atoms with Crippen LogP contribution in [0.4, 0.5) is 5.69 Å². The number of hydrogen-bond acceptors (Lipinski definition) is 5. The Morgan fingerprint density at radius 2 is 2.33 bits per heavy atom. The molecule has 0 saturated carbocycles. The number of hydrogen-bond donors (Lipinski definition) is 1. The number of anilines is 1. The molecule has 1 amide bonds. The van der Waals surface area contributed by atoms with E-state index >= 15 is 0 Å². The molecule has 4 nitrogen and oxygen atoms in total. The zero-order valence-electron chi connectivity index (χ0n) is 10.1. The molecule has 1 aromatic carbocycles. The van der Waals surface area contributed by atoms with Crippen molar-refractivity contribution in [1.82, 2.24) is 9.59 Å². The van der Waals surface area contributed by atoms with Crippen LogP contribution in [-0.4, -0.2) is 21.7 Å². The number of rotatable bonds is 4. The lowest BCUT2D eigenvalue weighted by molar-refractivity contribution is 0.102. The first-order chi connectivity index (χ1) is 8.74. The molecule has 94 valence electrons. The summed E-state index contributed by atoms with van der Waals surface area (Å²) in [6.07, 6.45) is 2.72. The third-order valence-electron chi connectivity index (χ3n) is 2.42. The summed E-state index contributed by atoms with van der Waals surface area (Å²) in [7, 11) is 0. The van der Waals surface area contributed by atoms with Crippen LogP contribution in [0.3, 0.4) is 0 Å². The van der Waals surface area contributed by atoms with Gasteiger partial charge in [-0.05, 0) is 42.4 Å². The third kappa shape index (κ3) is 2.88. The van der Waals surface area contributed by atoms with E-state index in [0.29, 0.717) is 11.3 Å². The zero-order chi connectivity index (χ0) is 13.0. The Bertz CT molecular complexity index is 554. The summed E-state index contributed by atoms with van der Waals surface area (Å²) >= 11 is 2.77. The number of carbonyl (C=O) groups is 1. The van der Waals surface area contributed by atoms with E-state index in [1.807, 2.05) is 37.4 Å². The maximum atomic E-state index is 12.1. The highest BCUT2D eigenvalue weighted by molar-refractivity contribution is 7.98. The quantitative estimate of drug-likeness (QED) is 0.874. The Morgan fingerprint density at radius 1 is 1.50 bits per heavy atom. The van der Waals surface area contributed by atoms with Gasteiger partial charge >= 0.3 is 0 Å². The molecule has 2 aromatic rings. The lowest BCUT2D eigenvalue weighted by Gasteiger charge is -2.05. The van der Waals surface area contributed by atoms with Crippen LogP contribution >= 0.6 is 23.3 Å². The van der Waals surface area contributed by atoms with E-state index in [0.717, 1.165) is 27.8 Å². The van der Waals surface area contributed by atoms with Crippen LogP contribution in [0.1, 0.15) is 22.3 Å². The largest absolute Gasteiger partial charge is 0.321 e. The van der Waals surface area contributed by atoms with E-state index < -0.39 is 0 Å². The van der Waals surface area contributed by atoms with Crippen molar-refractivity contribution >= 4 is 34.9 Å². The van der Waals surface area contributed by atoms with Crippen LogP contribution in [0.25, 0.3) is 0 Å². The van der Waals surface area contributed by atoms with Gasteiger partial charge in [0.15, 0.2) is 0 Å². The van der Waals surface area contributed by atoms with E-state index in [1.54, 1.807) is 11.8 Å². The second-order valence-electron chi connectivity index (χ2n) is 3.59. The van der Waals surface area contributed by atoms with Gasteiger partial charge in [0.25, 0.3) is 5.91 Å². The number of amides is 1. The summed E-state index contributed by atoms with van der Waals surface area (Å²) in [5.74, 6) is -0.139. The van der Waals surface area contributed by atoms with E-state index in [-0.39, 0.29) is 5.91 Å². The van der Waals surface area contributed by atoms with Gasteiger partial charge in [0, 0.05) is 10.6 Å². The summed E-state index contributed by atoms with van der Waals surface area (Å²) in [5, 5.41) is 6.81. The van der Waals surface area contributed by atoms with Crippen molar-refractivity contribution < 1.29 is 4.79 Å². The van der Waals surface area contributed by atoms with Gasteiger partial charge in [0.1, 0.15) is 4.88 Å². The minimum absolute atomic E-state index is 0.139. The maximum Gasteiger partial charge on any atom is 0.269 e. The van der Waals surface area contributed by atoms with Crippen LogP contribution in [0.2, 0.25) is 0 Å². The number of thioether (sulfide) groups is 1. The Morgan fingerprint density at radius 3 is 3.06 bits per heavy atom. The predicted molar refractivity (Wildman–Crippen MR) is 75.5 cm³/mol. The first kappa shape index (κ1) is 13.0. The van der Waals surface area contributed by atoms with Gasteiger partial charge in [-0.25, -0.2) is 0 Å². The molecule has 18 heavy (non-hydrogen) atoms. The first-order valence-corrected chi connectivity index (χ1v) is 7.51. The molecule has 0 saturated heterocycles. The van der Waals surface area contributed by atoms with E-state index in [4.69, 9.17) is 0 Å². The topological polar surface area (TPSA) is 54.9 Å². The first-order valence-electron chi connectivity index (χ1n) is 5.51. The van der Waals surface area contributed by atoms with Crippen molar-refractivity contribution in [2.45, 2.75) is 18.2 Å². The SMILES string of the molecule is CCc1nnsc1C(=O)Nc1cccc(SC)c1. The molecule has 0 atom stereocenters. The summed E-state index contributed by atoms with van der Waals surface area (Å²) in [6.45, 7) is 1.96. The molecule has 6 heteroatoms. The second kappa shape index (κ2) is 5.97. The fraction of sp³-hybridized carbons (Fsp3) is 0.250. The number of nitrogens with one attached hydrogen (secondary N) is 1. The third-order valence-corrected chi connectivity index (χ3v) is 3.92. The number of aromatic nitrogens is 2. The predicted octanol–water partition coefficient (Wildman–Crippen LogP) is 3.07. The van der Waals surface area contributed by atoms with E-state index in [2.05, 4.69) is 14.9 Å². The van der Waals surface area contributed by atoms with Crippen LogP contribution in [-0.2, 0) is 6.42 Å². The van der Waals surface area contributed by atoms with Crippen LogP contribution in [0.15, 0.2) is 29.2 Å². The molecule has 0 fully saturated rings. The highest BCUT2D eigenvalue weighted by atomic mass is 32.2. The molecule has 0 aliphatic heterocycles. The molecule has 0 aliphatic rings. The van der Waals surface area contributed by atoms with Gasteiger partial charge < -0.3 is 5.32 Å². The van der Waals surface area contributed by atoms with Gasteiger partial charge in [-0.3, -0.25) is 4.79 Å². The summed E-state index contributed by atoms with van der Waals surface area (Å²) < 4.78 is 3.82. The molecule has 0 bridgehead atoms. The molecule has 1 heterocycles. The molecule has 2 rings (SSSR count). The highest BCUT2D eigenvalue weighted by Crippen LogP contribution is 2.20.